The fraction of sp³-hybridized carbons (Fsp3) is 0.263. The van der Waals surface area contributed by atoms with Gasteiger partial charge in [0.05, 0.1) is 0 Å². The van der Waals surface area contributed by atoms with E-state index in [0.717, 1.165) is 30.2 Å². The molecular formula is C19H18O2. The van der Waals surface area contributed by atoms with E-state index in [4.69, 9.17) is 4.42 Å². The Morgan fingerprint density at radius 2 is 1.67 bits per heavy atom. The number of aliphatic hydroxyl groups excluding tert-OH is 1. The molecule has 1 atom stereocenters. The molecule has 3 aromatic rings. The molecule has 1 aromatic heterocycles. The number of furan rings is 1. The summed E-state index contributed by atoms with van der Waals surface area (Å²) < 4.78 is 5.88. The molecular weight excluding hydrogens is 260 g/mol. The van der Waals surface area contributed by atoms with Gasteiger partial charge in [-0.25, -0.2) is 0 Å². The van der Waals surface area contributed by atoms with Crippen molar-refractivity contribution in [1.82, 2.24) is 0 Å². The lowest BCUT2D eigenvalue weighted by molar-refractivity contribution is 0.0127. The number of hydrogen-bond donors (Lipinski definition) is 1. The zero-order valence-electron chi connectivity index (χ0n) is 11.8. The van der Waals surface area contributed by atoms with Crippen LogP contribution in [0.15, 0.2) is 65.1 Å². The first-order valence-electron chi connectivity index (χ1n) is 7.52. The average molecular weight is 278 g/mol. The van der Waals surface area contributed by atoms with Crippen LogP contribution in [-0.2, 0) is 5.41 Å². The van der Waals surface area contributed by atoms with Crippen LogP contribution in [0, 0.1) is 0 Å². The molecule has 106 valence electrons. The second kappa shape index (κ2) is 4.74. The van der Waals surface area contributed by atoms with Gasteiger partial charge in [-0.3, -0.25) is 0 Å². The standard InChI is InChI=1S/C19H18O2/c20-18(17-13-14-7-4-5-10-16(14)21-17)19(11-6-12-19)15-8-2-1-3-9-15/h1-5,7-10,13,18,20H,6,11-12H2. The Bertz CT molecular complexity index is 720. The molecule has 1 N–H and O–H groups in total. The summed E-state index contributed by atoms with van der Waals surface area (Å²) in [4.78, 5) is 0. The van der Waals surface area contributed by atoms with E-state index in [1.165, 1.54) is 5.56 Å². The van der Waals surface area contributed by atoms with Crippen molar-refractivity contribution in [1.29, 1.82) is 0 Å². The van der Waals surface area contributed by atoms with Gasteiger partial charge in [-0.15, -0.1) is 0 Å². The Hall–Kier alpha value is -2.06. The van der Waals surface area contributed by atoms with Gasteiger partial charge in [-0.05, 0) is 30.5 Å². The highest BCUT2D eigenvalue weighted by Gasteiger charge is 2.46. The predicted octanol–water partition coefficient (Wildman–Crippen LogP) is 4.59. The molecule has 1 unspecified atom stereocenters. The zero-order valence-corrected chi connectivity index (χ0v) is 11.8. The molecule has 2 aromatic carbocycles. The topological polar surface area (TPSA) is 33.4 Å². The minimum absolute atomic E-state index is 0.185. The highest BCUT2D eigenvalue weighted by Crippen LogP contribution is 2.52. The molecule has 1 saturated carbocycles. The van der Waals surface area contributed by atoms with Crippen LogP contribution in [0.2, 0.25) is 0 Å². The number of benzene rings is 2. The smallest absolute Gasteiger partial charge is 0.134 e. The van der Waals surface area contributed by atoms with E-state index >= 15 is 0 Å². The van der Waals surface area contributed by atoms with E-state index in [-0.39, 0.29) is 5.41 Å². The molecule has 4 rings (SSSR count). The van der Waals surface area contributed by atoms with Crippen molar-refractivity contribution in [3.8, 4) is 0 Å². The van der Waals surface area contributed by atoms with Gasteiger partial charge in [0.2, 0.25) is 0 Å². The summed E-state index contributed by atoms with van der Waals surface area (Å²) >= 11 is 0. The maximum Gasteiger partial charge on any atom is 0.134 e. The molecule has 1 aliphatic rings. The minimum atomic E-state index is -0.582. The van der Waals surface area contributed by atoms with Gasteiger partial charge < -0.3 is 9.52 Å². The second-order valence-electron chi connectivity index (χ2n) is 5.96. The fourth-order valence-corrected chi connectivity index (χ4v) is 3.46. The number of fused-ring (bicyclic) bond motifs is 1. The van der Waals surface area contributed by atoms with Crippen molar-refractivity contribution in [3.63, 3.8) is 0 Å². The first-order chi connectivity index (χ1) is 10.3. The van der Waals surface area contributed by atoms with Crippen LogP contribution in [0.1, 0.15) is 36.7 Å². The molecule has 0 radical (unpaired) electrons. The van der Waals surface area contributed by atoms with E-state index in [0.29, 0.717) is 5.76 Å². The summed E-state index contributed by atoms with van der Waals surface area (Å²) in [6.45, 7) is 0. The normalized spacial score (nSPS) is 18.3. The van der Waals surface area contributed by atoms with Gasteiger partial charge in [-0.1, -0.05) is 55.0 Å². The maximum atomic E-state index is 11.0. The minimum Gasteiger partial charge on any atom is -0.458 e. The summed E-state index contributed by atoms with van der Waals surface area (Å²) in [5.74, 6) is 0.680. The van der Waals surface area contributed by atoms with E-state index in [9.17, 15) is 5.11 Å². The maximum absolute atomic E-state index is 11.0. The van der Waals surface area contributed by atoms with Crippen molar-refractivity contribution in [2.75, 3.05) is 0 Å². The summed E-state index contributed by atoms with van der Waals surface area (Å²) in [7, 11) is 0. The number of para-hydroxylation sites is 1. The summed E-state index contributed by atoms with van der Waals surface area (Å²) in [6.07, 6.45) is 2.59. The van der Waals surface area contributed by atoms with Gasteiger partial charge in [0, 0.05) is 10.8 Å². The zero-order chi connectivity index (χ0) is 14.3. The van der Waals surface area contributed by atoms with E-state index in [1.54, 1.807) is 0 Å². The second-order valence-corrected chi connectivity index (χ2v) is 5.96. The first kappa shape index (κ1) is 12.7. The molecule has 21 heavy (non-hydrogen) atoms. The van der Waals surface area contributed by atoms with Crippen molar-refractivity contribution < 1.29 is 9.52 Å². The van der Waals surface area contributed by atoms with E-state index in [1.807, 2.05) is 48.5 Å². The number of rotatable bonds is 3. The summed E-state index contributed by atoms with van der Waals surface area (Å²) in [5.41, 5.74) is 1.87. The summed E-state index contributed by atoms with van der Waals surface area (Å²) in [5, 5.41) is 12.0. The number of aliphatic hydroxyl groups is 1. The molecule has 2 nitrogen and oxygen atoms in total. The Labute approximate surface area is 124 Å². The molecule has 0 saturated heterocycles. The highest BCUT2D eigenvalue weighted by molar-refractivity contribution is 5.77. The van der Waals surface area contributed by atoms with Gasteiger partial charge in [-0.2, -0.15) is 0 Å². The predicted molar refractivity (Wildman–Crippen MR) is 83.1 cm³/mol. The van der Waals surface area contributed by atoms with Gasteiger partial charge >= 0.3 is 0 Å². The SMILES string of the molecule is OC(c1cc2ccccc2o1)C1(c2ccccc2)CCC1. The Kier molecular flexibility index (Phi) is 2.86. The Morgan fingerprint density at radius 3 is 2.33 bits per heavy atom. The third-order valence-corrected chi connectivity index (χ3v) is 4.83. The monoisotopic (exact) mass is 278 g/mol. The van der Waals surface area contributed by atoms with Gasteiger partial charge in [0.25, 0.3) is 0 Å². The van der Waals surface area contributed by atoms with E-state index < -0.39 is 6.10 Å². The molecule has 0 aliphatic heterocycles. The fourth-order valence-electron chi connectivity index (χ4n) is 3.46. The lowest BCUT2D eigenvalue weighted by Crippen LogP contribution is -2.40. The van der Waals surface area contributed by atoms with Gasteiger partial charge in [0.15, 0.2) is 0 Å². The van der Waals surface area contributed by atoms with Crippen molar-refractivity contribution >= 4 is 11.0 Å². The molecule has 1 aliphatic carbocycles. The van der Waals surface area contributed by atoms with Crippen LogP contribution in [0.3, 0.4) is 0 Å². The van der Waals surface area contributed by atoms with Crippen LogP contribution < -0.4 is 0 Å². The van der Waals surface area contributed by atoms with Crippen LogP contribution in [0.5, 0.6) is 0 Å². The molecule has 0 bridgehead atoms. The molecule has 0 spiro atoms. The van der Waals surface area contributed by atoms with Crippen LogP contribution in [-0.4, -0.2) is 5.11 Å². The van der Waals surface area contributed by atoms with Crippen molar-refractivity contribution in [3.05, 3.63) is 72.0 Å². The molecule has 2 heteroatoms. The Balaban J connectivity index is 1.77. The molecule has 1 fully saturated rings. The molecule has 1 heterocycles. The van der Waals surface area contributed by atoms with Crippen LogP contribution in [0.4, 0.5) is 0 Å². The third-order valence-electron chi connectivity index (χ3n) is 4.83. The lowest BCUT2D eigenvalue weighted by atomic mass is 9.60. The quantitative estimate of drug-likeness (QED) is 0.760. The third kappa shape index (κ3) is 1.90. The van der Waals surface area contributed by atoms with E-state index in [2.05, 4.69) is 12.1 Å². The number of hydrogen-bond acceptors (Lipinski definition) is 2. The highest BCUT2D eigenvalue weighted by atomic mass is 16.4. The first-order valence-corrected chi connectivity index (χ1v) is 7.52. The largest absolute Gasteiger partial charge is 0.458 e. The summed E-state index contributed by atoms with van der Waals surface area (Å²) in [6, 6.07) is 20.2. The van der Waals surface area contributed by atoms with Crippen LogP contribution in [0.25, 0.3) is 11.0 Å². The van der Waals surface area contributed by atoms with Crippen molar-refractivity contribution in [2.24, 2.45) is 0 Å². The molecule has 0 amide bonds. The van der Waals surface area contributed by atoms with Gasteiger partial charge in [0.1, 0.15) is 17.4 Å². The van der Waals surface area contributed by atoms with Crippen LogP contribution >= 0.6 is 0 Å². The lowest BCUT2D eigenvalue weighted by Gasteiger charge is -2.45. The average Bonchev–Trinajstić information content (AvgIpc) is 2.91. The Morgan fingerprint density at radius 1 is 0.952 bits per heavy atom. The van der Waals surface area contributed by atoms with Crippen molar-refractivity contribution in [2.45, 2.75) is 30.8 Å².